The van der Waals surface area contributed by atoms with Crippen molar-refractivity contribution in [1.82, 2.24) is 4.90 Å². The van der Waals surface area contributed by atoms with Crippen LogP contribution in [0.15, 0.2) is 18.2 Å². The molecule has 2 nitrogen and oxygen atoms in total. The van der Waals surface area contributed by atoms with E-state index >= 15 is 0 Å². The minimum absolute atomic E-state index is 0.778. The van der Waals surface area contributed by atoms with E-state index in [1.807, 2.05) is 12.1 Å². The second kappa shape index (κ2) is 4.58. The summed E-state index contributed by atoms with van der Waals surface area (Å²) in [5.74, 6) is 0. The third-order valence-electron chi connectivity index (χ3n) is 3.15. The third-order valence-corrected chi connectivity index (χ3v) is 3.15. The summed E-state index contributed by atoms with van der Waals surface area (Å²) in [5, 5.41) is 0. The molecule has 1 aromatic carbocycles. The maximum atomic E-state index is 10.6. The normalized spacial score (nSPS) is 16.1. The number of aldehydes is 1. The Morgan fingerprint density at radius 3 is 2.73 bits per heavy atom. The third kappa shape index (κ3) is 2.45. The first-order chi connectivity index (χ1) is 7.29. The molecule has 0 aromatic heterocycles. The molecule has 0 amide bonds. The number of aryl methyl sites for hydroxylation is 1. The van der Waals surface area contributed by atoms with Crippen LogP contribution in [0.1, 0.15) is 27.9 Å². The van der Waals surface area contributed by atoms with E-state index in [1.54, 1.807) is 0 Å². The Morgan fingerprint density at radius 1 is 1.40 bits per heavy atom. The fraction of sp³-hybridized carbons (Fsp3) is 0.462. The summed E-state index contributed by atoms with van der Waals surface area (Å²) in [6.07, 6.45) is 3.36. The summed E-state index contributed by atoms with van der Waals surface area (Å²) in [7, 11) is 0. The quantitative estimate of drug-likeness (QED) is 0.698. The number of likely N-dealkylation sites (tertiary alicyclic amines) is 1. The first-order valence-corrected chi connectivity index (χ1v) is 5.56. The van der Waals surface area contributed by atoms with E-state index in [-0.39, 0.29) is 0 Å². The molecule has 1 aromatic rings. The van der Waals surface area contributed by atoms with Crippen LogP contribution in [0.5, 0.6) is 0 Å². The lowest BCUT2D eigenvalue weighted by Crippen LogP contribution is -2.38. The Morgan fingerprint density at radius 2 is 2.20 bits per heavy atom. The molecule has 0 spiro atoms. The van der Waals surface area contributed by atoms with Gasteiger partial charge >= 0.3 is 0 Å². The molecule has 0 aliphatic carbocycles. The highest BCUT2D eigenvalue weighted by molar-refractivity contribution is 5.75. The summed E-state index contributed by atoms with van der Waals surface area (Å²) in [6.45, 7) is 5.75. The van der Waals surface area contributed by atoms with Crippen LogP contribution in [0, 0.1) is 6.92 Å². The minimum atomic E-state index is 0.778. The van der Waals surface area contributed by atoms with Crippen LogP contribution in [0.3, 0.4) is 0 Å². The van der Waals surface area contributed by atoms with E-state index in [2.05, 4.69) is 17.9 Å². The van der Waals surface area contributed by atoms with E-state index in [1.165, 1.54) is 30.6 Å². The number of benzene rings is 1. The van der Waals surface area contributed by atoms with E-state index in [4.69, 9.17) is 0 Å². The van der Waals surface area contributed by atoms with Crippen LogP contribution in [-0.4, -0.2) is 30.8 Å². The lowest BCUT2D eigenvalue weighted by atomic mass is 10.0. The molecule has 0 atom stereocenters. The van der Waals surface area contributed by atoms with Gasteiger partial charge in [0.2, 0.25) is 0 Å². The minimum Gasteiger partial charge on any atom is -0.303 e. The highest BCUT2D eigenvalue weighted by Gasteiger charge is 2.13. The maximum Gasteiger partial charge on any atom is 0.150 e. The van der Waals surface area contributed by atoms with Gasteiger partial charge in [-0.2, -0.15) is 0 Å². The van der Waals surface area contributed by atoms with E-state index < -0.39 is 0 Å². The predicted octanol–water partition coefficient (Wildman–Crippen LogP) is 2.06. The standard InChI is InChI=1S/C13H17NO/c1-11-9-12(10-15)3-4-13(11)5-8-14-6-2-7-14/h3-4,9-10H,2,5-8H2,1H3. The summed E-state index contributed by atoms with van der Waals surface area (Å²) >= 11 is 0. The molecule has 1 aliphatic rings. The van der Waals surface area contributed by atoms with Gasteiger partial charge in [0.1, 0.15) is 6.29 Å². The molecule has 1 heterocycles. The number of nitrogens with zero attached hydrogens (tertiary/aromatic N) is 1. The second-order valence-electron chi connectivity index (χ2n) is 4.25. The van der Waals surface area contributed by atoms with Crippen molar-refractivity contribution in [2.75, 3.05) is 19.6 Å². The van der Waals surface area contributed by atoms with Gasteiger partial charge in [-0.1, -0.05) is 12.1 Å². The molecule has 80 valence electrons. The molecular formula is C13H17NO. The number of hydrogen-bond donors (Lipinski definition) is 0. The van der Waals surface area contributed by atoms with Gasteiger partial charge in [-0.15, -0.1) is 0 Å². The molecule has 2 rings (SSSR count). The van der Waals surface area contributed by atoms with E-state index in [0.717, 1.165) is 24.8 Å². The Balaban J connectivity index is 1.97. The van der Waals surface area contributed by atoms with Gasteiger partial charge in [0.15, 0.2) is 0 Å². The lowest BCUT2D eigenvalue weighted by molar-refractivity contribution is 0.112. The summed E-state index contributed by atoms with van der Waals surface area (Å²) in [4.78, 5) is 13.0. The highest BCUT2D eigenvalue weighted by atomic mass is 16.1. The largest absolute Gasteiger partial charge is 0.303 e. The molecule has 2 heteroatoms. The highest BCUT2D eigenvalue weighted by Crippen LogP contribution is 2.13. The van der Waals surface area contributed by atoms with Crippen molar-refractivity contribution in [3.8, 4) is 0 Å². The smallest absolute Gasteiger partial charge is 0.150 e. The first-order valence-electron chi connectivity index (χ1n) is 5.56. The van der Waals surface area contributed by atoms with Crippen molar-refractivity contribution in [2.24, 2.45) is 0 Å². The van der Waals surface area contributed by atoms with Gasteiger partial charge in [-0.05, 0) is 50.0 Å². The van der Waals surface area contributed by atoms with Crippen LogP contribution in [0.2, 0.25) is 0 Å². The number of carbonyl (C=O) groups is 1. The Hall–Kier alpha value is -1.15. The molecular weight excluding hydrogens is 186 g/mol. The number of hydrogen-bond acceptors (Lipinski definition) is 2. The SMILES string of the molecule is Cc1cc(C=O)ccc1CCN1CCC1. The van der Waals surface area contributed by atoms with Crippen molar-refractivity contribution >= 4 is 6.29 Å². The molecule has 0 radical (unpaired) electrons. The summed E-state index contributed by atoms with van der Waals surface area (Å²) in [6, 6.07) is 5.96. The molecule has 0 N–H and O–H groups in total. The van der Waals surface area contributed by atoms with Crippen LogP contribution in [0.25, 0.3) is 0 Å². The number of rotatable bonds is 4. The topological polar surface area (TPSA) is 20.3 Å². The van der Waals surface area contributed by atoms with Crippen LogP contribution in [-0.2, 0) is 6.42 Å². The Labute approximate surface area is 90.9 Å². The van der Waals surface area contributed by atoms with Crippen molar-refractivity contribution in [3.63, 3.8) is 0 Å². The second-order valence-corrected chi connectivity index (χ2v) is 4.25. The van der Waals surface area contributed by atoms with Gasteiger partial charge in [-0.25, -0.2) is 0 Å². The summed E-state index contributed by atoms with van der Waals surface area (Å²) < 4.78 is 0. The zero-order valence-electron chi connectivity index (χ0n) is 9.20. The molecule has 0 saturated carbocycles. The number of carbonyl (C=O) groups excluding carboxylic acids is 1. The van der Waals surface area contributed by atoms with Gasteiger partial charge < -0.3 is 4.90 Å². The zero-order valence-corrected chi connectivity index (χ0v) is 9.20. The van der Waals surface area contributed by atoms with Gasteiger partial charge in [-0.3, -0.25) is 4.79 Å². The fourth-order valence-corrected chi connectivity index (χ4v) is 1.96. The van der Waals surface area contributed by atoms with Gasteiger partial charge in [0, 0.05) is 12.1 Å². The maximum absolute atomic E-state index is 10.6. The van der Waals surface area contributed by atoms with Crippen molar-refractivity contribution in [2.45, 2.75) is 19.8 Å². The van der Waals surface area contributed by atoms with Crippen molar-refractivity contribution in [3.05, 3.63) is 34.9 Å². The monoisotopic (exact) mass is 203 g/mol. The predicted molar refractivity (Wildman–Crippen MR) is 61.3 cm³/mol. The average Bonchev–Trinajstić information content (AvgIpc) is 2.18. The Bertz CT molecular complexity index is 356. The fourth-order valence-electron chi connectivity index (χ4n) is 1.96. The van der Waals surface area contributed by atoms with Crippen LogP contribution < -0.4 is 0 Å². The first kappa shape index (κ1) is 10.4. The molecule has 0 bridgehead atoms. The summed E-state index contributed by atoms with van der Waals surface area (Å²) in [5.41, 5.74) is 3.38. The molecule has 1 saturated heterocycles. The van der Waals surface area contributed by atoms with Crippen LogP contribution in [0.4, 0.5) is 0 Å². The van der Waals surface area contributed by atoms with E-state index in [9.17, 15) is 4.79 Å². The van der Waals surface area contributed by atoms with Crippen LogP contribution >= 0.6 is 0 Å². The zero-order chi connectivity index (χ0) is 10.7. The van der Waals surface area contributed by atoms with Gasteiger partial charge in [0.05, 0.1) is 0 Å². The molecule has 0 unspecified atom stereocenters. The molecule has 1 aliphatic heterocycles. The molecule has 15 heavy (non-hydrogen) atoms. The lowest BCUT2D eigenvalue weighted by Gasteiger charge is -2.30. The Kier molecular flexibility index (Phi) is 3.17. The molecule has 1 fully saturated rings. The van der Waals surface area contributed by atoms with E-state index in [0.29, 0.717) is 0 Å². The average molecular weight is 203 g/mol. The van der Waals surface area contributed by atoms with Crippen molar-refractivity contribution in [1.29, 1.82) is 0 Å². The van der Waals surface area contributed by atoms with Crippen molar-refractivity contribution < 1.29 is 4.79 Å². The van der Waals surface area contributed by atoms with Gasteiger partial charge in [0.25, 0.3) is 0 Å².